The zero-order valence-electron chi connectivity index (χ0n) is 9.85. The molecule has 3 heterocycles. The molecule has 0 bridgehead atoms. The zero-order valence-corrected chi connectivity index (χ0v) is 12.2. The van der Waals surface area contributed by atoms with E-state index in [4.69, 9.17) is 11.6 Å². The maximum atomic E-state index is 6.02. The van der Waals surface area contributed by atoms with E-state index in [0.29, 0.717) is 11.7 Å². The van der Waals surface area contributed by atoms with Crippen molar-refractivity contribution in [1.82, 2.24) is 14.4 Å². The molecule has 1 N–H and O–H groups in total. The second-order valence-corrected chi connectivity index (χ2v) is 5.32. The van der Waals surface area contributed by atoms with Crippen molar-refractivity contribution in [2.75, 3.05) is 5.32 Å². The van der Waals surface area contributed by atoms with Gasteiger partial charge in [-0.2, -0.15) is 0 Å². The fourth-order valence-electron chi connectivity index (χ4n) is 1.80. The fourth-order valence-corrected chi connectivity index (χ4v) is 2.31. The summed E-state index contributed by atoms with van der Waals surface area (Å²) >= 11 is 9.39. The van der Waals surface area contributed by atoms with Crippen molar-refractivity contribution in [1.29, 1.82) is 0 Å². The van der Waals surface area contributed by atoms with Crippen LogP contribution < -0.4 is 5.32 Å². The van der Waals surface area contributed by atoms with Gasteiger partial charge in [0.05, 0.1) is 17.9 Å². The Bertz CT molecular complexity index is 692. The van der Waals surface area contributed by atoms with Gasteiger partial charge in [0.2, 0.25) is 0 Å². The summed E-state index contributed by atoms with van der Waals surface area (Å²) in [6.45, 7) is 0.597. The lowest BCUT2D eigenvalue weighted by atomic mass is 10.4. The highest BCUT2D eigenvalue weighted by Gasteiger charge is 2.04. The van der Waals surface area contributed by atoms with E-state index < -0.39 is 0 Å². The second kappa shape index (κ2) is 5.19. The Kier molecular flexibility index (Phi) is 3.40. The minimum atomic E-state index is 0.451. The lowest BCUT2D eigenvalue weighted by Crippen LogP contribution is -2.01. The smallest absolute Gasteiger partial charge is 0.152 e. The van der Waals surface area contributed by atoms with E-state index >= 15 is 0 Å². The maximum absolute atomic E-state index is 6.02. The first-order valence-corrected chi connectivity index (χ1v) is 6.87. The largest absolute Gasteiger partial charge is 0.377 e. The molecule has 0 aliphatic heterocycles. The van der Waals surface area contributed by atoms with Gasteiger partial charge in [-0.25, -0.2) is 9.97 Å². The number of halogens is 2. The molecule has 0 fully saturated rings. The van der Waals surface area contributed by atoms with Crippen molar-refractivity contribution >= 4 is 38.9 Å². The van der Waals surface area contributed by atoms with Crippen LogP contribution >= 0.6 is 27.5 Å². The van der Waals surface area contributed by atoms with E-state index in [-0.39, 0.29) is 0 Å². The summed E-state index contributed by atoms with van der Waals surface area (Å²) in [4.78, 5) is 8.57. The minimum absolute atomic E-state index is 0.451. The predicted octanol–water partition coefficient (Wildman–Crippen LogP) is 3.76. The van der Waals surface area contributed by atoms with E-state index in [1.807, 2.05) is 41.1 Å². The Morgan fingerprint density at radius 1 is 1.37 bits per heavy atom. The van der Waals surface area contributed by atoms with Gasteiger partial charge in [-0.15, -0.1) is 0 Å². The number of hydrogen-bond acceptors (Lipinski definition) is 3. The molecule has 6 heteroatoms. The molecule has 4 nitrogen and oxygen atoms in total. The van der Waals surface area contributed by atoms with Gasteiger partial charge in [0, 0.05) is 23.1 Å². The zero-order chi connectivity index (χ0) is 13.2. The third-order valence-electron chi connectivity index (χ3n) is 2.68. The van der Waals surface area contributed by atoms with Crippen LogP contribution in [0.2, 0.25) is 5.15 Å². The maximum Gasteiger partial charge on any atom is 0.152 e. The first-order chi connectivity index (χ1) is 9.22. The van der Waals surface area contributed by atoms with Crippen LogP contribution in [-0.2, 0) is 6.54 Å². The summed E-state index contributed by atoms with van der Waals surface area (Å²) in [5, 5.41) is 3.68. The van der Waals surface area contributed by atoms with Crippen molar-refractivity contribution in [2.45, 2.75) is 6.54 Å². The second-order valence-electron chi connectivity index (χ2n) is 4.04. The van der Waals surface area contributed by atoms with E-state index in [1.165, 1.54) is 0 Å². The van der Waals surface area contributed by atoms with Crippen molar-refractivity contribution in [3.8, 4) is 0 Å². The molecule has 0 amide bonds. The third kappa shape index (κ3) is 2.72. The predicted molar refractivity (Wildman–Crippen MR) is 79.5 cm³/mol. The average Bonchev–Trinajstić information content (AvgIpc) is 2.82. The van der Waals surface area contributed by atoms with Crippen LogP contribution in [0.4, 0.5) is 5.69 Å². The molecule has 3 aromatic rings. The molecule has 0 atom stereocenters. The quantitative estimate of drug-likeness (QED) is 0.740. The Morgan fingerprint density at radius 2 is 2.26 bits per heavy atom. The standard InChI is InChI=1S/C13H10BrClN4/c14-9-5-11(13(15)17-6-9)16-7-10-8-19-4-2-1-3-12(19)18-10/h1-6,8,16H,7H2. The van der Waals surface area contributed by atoms with Crippen molar-refractivity contribution in [3.05, 3.63) is 58.2 Å². The molecule has 0 aliphatic carbocycles. The number of hydrogen-bond donors (Lipinski definition) is 1. The molecule has 0 saturated heterocycles. The van der Waals surface area contributed by atoms with Crippen LogP contribution in [0.3, 0.4) is 0 Å². The molecule has 96 valence electrons. The Morgan fingerprint density at radius 3 is 3.11 bits per heavy atom. The molecular weight excluding hydrogens is 328 g/mol. The summed E-state index contributed by atoms with van der Waals surface area (Å²) in [7, 11) is 0. The number of nitrogens with one attached hydrogen (secondary N) is 1. The van der Waals surface area contributed by atoms with Gasteiger partial charge in [0.25, 0.3) is 0 Å². The van der Waals surface area contributed by atoms with Gasteiger partial charge in [0.1, 0.15) is 5.65 Å². The van der Waals surface area contributed by atoms with Crippen LogP contribution in [0.1, 0.15) is 5.69 Å². The molecule has 0 aliphatic rings. The topological polar surface area (TPSA) is 42.2 Å². The summed E-state index contributed by atoms with van der Waals surface area (Å²) < 4.78 is 2.87. The molecule has 0 aromatic carbocycles. The molecule has 19 heavy (non-hydrogen) atoms. The number of aromatic nitrogens is 3. The van der Waals surface area contributed by atoms with Gasteiger partial charge < -0.3 is 9.72 Å². The van der Waals surface area contributed by atoms with Crippen LogP contribution in [0.5, 0.6) is 0 Å². The lowest BCUT2D eigenvalue weighted by molar-refractivity contribution is 1.07. The summed E-state index contributed by atoms with van der Waals surface area (Å²) in [6.07, 6.45) is 5.62. The van der Waals surface area contributed by atoms with Crippen molar-refractivity contribution in [3.63, 3.8) is 0 Å². The van der Waals surface area contributed by atoms with Gasteiger partial charge >= 0.3 is 0 Å². The summed E-state index contributed by atoms with van der Waals surface area (Å²) in [5.74, 6) is 0. The number of pyridine rings is 2. The van der Waals surface area contributed by atoms with Crippen molar-refractivity contribution < 1.29 is 0 Å². The van der Waals surface area contributed by atoms with E-state index in [2.05, 4.69) is 31.2 Å². The molecular formula is C13H10BrClN4. The van der Waals surface area contributed by atoms with Crippen LogP contribution in [0, 0.1) is 0 Å². The molecule has 0 radical (unpaired) electrons. The lowest BCUT2D eigenvalue weighted by Gasteiger charge is -2.06. The highest BCUT2D eigenvalue weighted by Crippen LogP contribution is 2.23. The first-order valence-electron chi connectivity index (χ1n) is 5.70. The Balaban J connectivity index is 1.80. The Hall–Kier alpha value is -1.59. The number of nitrogens with zero attached hydrogens (tertiary/aromatic N) is 3. The number of fused-ring (bicyclic) bond motifs is 1. The summed E-state index contributed by atoms with van der Waals surface area (Å²) in [5.41, 5.74) is 2.66. The molecule has 0 spiro atoms. The average molecular weight is 338 g/mol. The van der Waals surface area contributed by atoms with Crippen LogP contribution in [-0.4, -0.2) is 14.4 Å². The van der Waals surface area contributed by atoms with E-state index in [1.54, 1.807) is 6.20 Å². The number of rotatable bonds is 3. The fraction of sp³-hybridized carbons (Fsp3) is 0.0769. The van der Waals surface area contributed by atoms with Crippen molar-refractivity contribution in [2.24, 2.45) is 0 Å². The third-order valence-corrected chi connectivity index (χ3v) is 3.41. The van der Waals surface area contributed by atoms with Gasteiger partial charge in [-0.1, -0.05) is 17.7 Å². The van der Waals surface area contributed by atoms with Gasteiger partial charge in [-0.3, -0.25) is 0 Å². The highest BCUT2D eigenvalue weighted by atomic mass is 79.9. The number of anilines is 1. The van der Waals surface area contributed by atoms with E-state index in [0.717, 1.165) is 21.5 Å². The Labute approximate surface area is 123 Å². The van der Waals surface area contributed by atoms with Crippen LogP contribution in [0.15, 0.2) is 47.3 Å². The van der Waals surface area contributed by atoms with Gasteiger partial charge in [-0.05, 0) is 34.1 Å². The molecule has 3 rings (SSSR count). The highest BCUT2D eigenvalue weighted by molar-refractivity contribution is 9.10. The normalized spacial score (nSPS) is 10.8. The summed E-state index contributed by atoms with van der Waals surface area (Å²) in [6, 6.07) is 7.80. The van der Waals surface area contributed by atoms with E-state index in [9.17, 15) is 0 Å². The van der Waals surface area contributed by atoms with Crippen LogP contribution in [0.25, 0.3) is 5.65 Å². The van der Waals surface area contributed by atoms with Gasteiger partial charge in [0.15, 0.2) is 5.15 Å². The molecule has 3 aromatic heterocycles. The first kappa shape index (κ1) is 12.4. The molecule has 0 unspecified atom stereocenters. The number of imidazole rings is 1. The monoisotopic (exact) mass is 336 g/mol. The minimum Gasteiger partial charge on any atom is -0.377 e. The SMILES string of the molecule is Clc1ncc(Br)cc1NCc1cn2ccccc2n1. The molecule has 0 saturated carbocycles.